The number of amides is 1. The first-order valence-corrected chi connectivity index (χ1v) is 9.80. The maximum atomic E-state index is 13.1. The second kappa shape index (κ2) is 9.53. The Morgan fingerprint density at radius 2 is 1.97 bits per heavy atom. The molecule has 172 valence electrons. The number of halogens is 3. The summed E-state index contributed by atoms with van der Waals surface area (Å²) in [5, 5.41) is 2.99. The van der Waals surface area contributed by atoms with Gasteiger partial charge in [-0.2, -0.15) is 13.2 Å². The van der Waals surface area contributed by atoms with Crippen LogP contribution >= 0.6 is 0 Å². The molecule has 2 aromatic heterocycles. The number of alkyl halides is 3. The summed E-state index contributed by atoms with van der Waals surface area (Å²) in [6, 6.07) is 5.15. The van der Waals surface area contributed by atoms with Crippen LogP contribution in [-0.4, -0.2) is 42.2 Å². The first-order chi connectivity index (χ1) is 15.2. The monoisotopic (exact) mass is 452 g/mol. The maximum Gasteiger partial charge on any atom is 0.433 e. The van der Waals surface area contributed by atoms with Crippen molar-refractivity contribution in [3.05, 3.63) is 41.4 Å². The van der Waals surface area contributed by atoms with E-state index in [1.165, 1.54) is 19.2 Å². The second-order valence-corrected chi connectivity index (χ2v) is 7.08. The lowest BCUT2D eigenvalue weighted by Crippen LogP contribution is -2.29. The summed E-state index contributed by atoms with van der Waals surface area (Å²) in [7, 11) is 1.33. The molecule has 0 saturated carbocycles. The van der Waals surface area contributed by atoms with Crippen LogP contribution < -0.4 is 15.8 Å². The van der Waals surface area contributed by atoms with Gasteiger partial charge in [0.05, 0.1) is 26.4 Å². The molecule has 0 saturated heterocycles. The number of aromatic nitrogens is 2. The number of rotatable bonds is 8. The van der Waals surface area contributed by atoms with Crippen LogP contribution in [0.4, 0.5) is 13.2 Å². The predicted molar refractivity (Wildman–Crippen MR) is 110 cm³/mol. The summed E-state index contributed by atoms with van der Waals surface area (Å²) in [5.74, 6) is -0.166. The number of nitrogens with zero attached hydrogens (tertiary/aromatic N) is 2. The van der Waals surface area contributed by atoms with Gasteiger partial charge in [0, 0.05) is 17.5 Å². The molecule has 3 rings (SSSR count). The number of carbonyl (C=O) groups is 1. The second-order valence-electron chi connectivity index (χ2n) is 7.08. The van der Waals surface area contributed by atoms with Crippen molar-refractivity contribution in [2.45, 2.75) is 32.7 Å². The Morgan fingerprint density at radius 3 is 2.59 bits per heavy atom. The number of fused-ring (bicyclic) bond motifs is 1. The molecule has 3 N–H and O–H groups in total. The van der Waals surface area contributed by atoms with Crippen LogP contribution in [-0.2, 0) is 17.5 Å². The van der Waals surface area contributed by atoms with E-state index in [0.29, 0.717) is 17.6 Å². The lowest BCUT2D eigenvalue weighted by atomic mass is 10.1. The minimum Gasteiger partial charge on any atom is -0.494 e. The summed E-state index contributed by atoms with van der Waals surface area (Å²) in [4.78, 5) is 20.5. The fourth-order valence-electron chi connectivity index (χ4n) is 3.03. The Bertz CT molecular complexity index is 1110. The molecular weight excluding hydrogens is 429 g/mol. The van der Waals surface area contributed by atoms with Gasteiger partial charge in [-0.15, -0.1) is 0 Å². The van der Waals surface area contributed by atoms with Crippen molar-refractivity contribution in [2.75, 3.05) is 20.3 Å². The quantitative estimate of drug-likeness (QED) is 0.503. The molecule has 0 aliphatic heterocycles. The van der Waals surface area contributed by atoms with Crippen molar-refractivity contribution >= 4 is 16.8 Å². The minimum absolute atomic E-state index is 0.00381. The number of benzene rings is 1. The largest absolute Gasteiger partial charge is 0.494 e. The van der Waals surface area contributed by atoms with Crippen LogP contribution in [0.5, 0.6) is 5.75 Å². The third kappa shape index (κ3) is 5.00. The Labute approximate surface area is 181 Å². The standard InChI is InChI=1S/C21H23F3N4O4/c1-11(2)31-9-8-26-19(29)18-15(10-25)32-20(28-18)13-4-6-14(30-3)17-12(13)5-7-16(27-17)21(22,23)24/h4-7,11H,8-10,25H2,1-3H3,(H,26,29). The predicted octanol–water partition coefficient (Wildman–Crippen LogP) is 3.53. The number of hydrogen-bond acceptors (Lipinski definition) is 7. The van der Waals surface area contributed by atoms with Crippen LogP contribution in [0.25, 0.3) is 22.4 Å². The number of nitrogens with two attached hydrogens (primary N) is 1. The zero-order valence-corrected chi connectivity index (χ0v) is 17.7. The zero-order chi connectivity index (χ0) is 23.5. The van der Waals surface area contributed by atoms with Crippen LogP contribution in [0, 0.1) is 0 Å². The highest BCUT2D eigenvalue weighted by molar-refractivity contribution is 5.98. The molecule has 3 aromatic rings. The van der Waals surface area contributed by atoms with Gasteiger partial charge in [0.2, 0.25) is 5.89 Å². The van der Waals surface area contributed by atoms with Gasteiger partial charge >= 0.3 is 6.18 Å². The van der Waals surface area contributed by atoms with Gasteiger partial charge in [-0.3, -0.25) is 4.79 Å². The highest BCUT2D eigenvalue weighted by atomic mass is 19.4. The van der Waals surface area contributed by atoms with Gasteiger partial charge in [-0.25, -0.2) is 9.97 Å². The van der Waals surface area contributed by atoms with Gasteiger partial charge < -0.3 is 24.9 Å². The molecule has 1 amide bonds. The van der Waals surface area contributed by atoms with E-state index < -0.39 is 17.8 Å². The smallest absolute Gasteiger partial charge is 0.433 e. The van der Waals surface area contributed by atoms with Crippen LogP contribution in [0.2, 0.25) is 0 Å². The molecule has 0 unspecified atom stereocenters. The number of hydrogen-bond donors (Lipinski definition) is 2. The molecule has 8 nitrogen and oxygen atoms in total. The first kappa shape index (κ1) is 23.5. The molecule has 0 bridgehead atoms. The van der Waals surface area contributed by atoms with Crippen LogP contribution in [0.15, 0.2) is 28.7 Å². The summed E-state index contributed by atoms with van der Waals surface area (Å²) in [5.41, 5.74) is 4.98. The van der Waals surface area contributed by atoms with Crippen LogP contribution in [0.1, 0.15) is 35.8 Å². The minimum atomic E-state index is -4.62. The molecule has 1 aromatic carbocycles. The number of methoxy groups -OCH3 is 1. The summed E-state index contributed by atoms with van der Waals surface area (Å²) in [6.07, 6.45) is -4.59. The molecule has 0 fully saturated rings. The Kier molecular flexibility index (Phi) is 6.99. The molecule has 0 spiro atoms. The lowest BCUT2D eigenvalue weighted by molar-refractivity contribution is -0.140. The average molecular weight is 452 g/mol. The molecule has 0 atom stereocenters. The van der Waals surface area contributed by atoms with E-state index in [1.54, 1.807) is 6.07 Å². The third-order valence-corrected chi connectivity index (χ3v) is 4.50. The first-order valence-electron chi connectivity index (χ1n) is 9.80. The third-order valence-electron chi connectivity index (χ3n) is 4.50. The van der Waals surface area contributed by atoms with E-state index in [2.05, 4.69) is 15.3 Å². The highest BCUT2D eigenvalue weighted by Gasteiger charge is 2.33. The topological polar surface area (TPSA) is 112 Å². The Balaban J connectivity index is 1.99. The van der Waals surface area contributed by atoms with E-state index in [4.69, 9.17) is 19.6 Å². The van der Waals surface area contributed by atoms with E-state index in [-0.39, 0.29) is 47.8 Å². The molecule has 0 aliphatic carbocycles. The van der Waals surface area contributed by atoms with Gasteiger partial charge in [-0.1, -0.05) is 0 Å². The highest BCUT2D eigenvalue weighted by Crippen LogP contribution is 2.36. The van der Waals surface area contributed by atoms with Crippen LogP contribution in [0.3, 0.4) is 0 Å². The van der Waals surface area contributed by atoms with E-state index in [1.807, 2.05) is 13.8 Å². The summed E-state index contributed by atoms with van der Waals surface area (Å²) >= 11 is 0. The number of pyridine rings is 1. The van der Waals surface area contributed by atoms with E-state index in [9.17, 15) is 18.0 Å². The molecule has 0 aliphatic rings. The van der Waals surface area contributed by atoms with Crippen molar-refractivity contribution in [2.24, 2.45) is 5.73 Å². The van der Waals surface area contributed by atoms with E-state index in [0.717, 1.165) is 6.07 Å². The maximum absolute atomic E-state index is 13.1. The lowest BCUT2D eigenvalue weighted by Gasteiger charge is -2.11. The number of carbonyl (C=O) groups excluding carboxylic acids is 1. The zero-order valence-electron chi connectivity index (χ0n) is 17.7. The van der Waals surface area contributed by atoms with Crippen molar-refractivity contribution in [1.29, 1.82) is 0 Å². The van der Waals surface area contributed by atoms with Gasteiger partial charge in [-0.05, 0) is 38.1 Å². The average Bonchev–Trinajstić information content (AvgIpc) is 3.19. The number of oxazole rings is 1. The van der Waals surface area contributed by atoms with Crippen molar-refractivity contribution < 1.29 is 31.9 Å². The number of nitrogens with one attached hydrogen (secondary N) is 1. The molecular formula is C21H23F3N4O4. The Hall–Kier alpha value is -3.18. The molecule has 32 heavy (non-hydrogen) atoms. The van der Waals surface area contributed by atoms with Gasteiger partial charge in [0.25, 0.3) is 5.91 Å². The fraction of sp³-hybridized carbons (Fsp3) is 0.381. The molecule has 0 radical (unpaired) electrons. The number of ether oxygens (including phenoxy) is 2. The van der Waals surface area contributed by atoms with Crippen molar-refractivity contribution in [3.8, 4) is 17.2 Å². The van der Waals surface area contributed by atoms with Crippen molar-refractivity contribution in [3.63, 3.8) is 0 Å². The van der Waals surface area contributed by atoms with E-state index >= 15 is 0 Å². The molecule has 11 heteroatoms. The van der Waals surface area contributed by atoms with Gasteiger partial charge in [0.15, 0.2) is 11.5 Å². The van der Waals surface area contributed by atoms with Gasteiger partial charge in [0.1, 0.15) is 17.0 Å². The Morgan fingerprint density at radius 1 is 1.22 bits per heavy atom. The SMILES string of the molecule is COc1ccc(-c2nc(C(=O)NCCOC(C)C)c(CN)o2)c2ccc(C(F)(F)F)nc12. The summed E-state index contributed by atoms with van der Waals surface area (Å²) < 4.78 is 55.6. The normalized spacial score (nSPS) is 11.9. The fourth-order valence-corrected chi connectivity index (χ4v) is 3.03. The summed E-state index contributed by atoms with van der Waals surface area (Å²) in [6.45, 7) is 4.25. The van der Waals surface area contributed by atoms with Crippen molar-refractivity contribution in [1.82, 2.24) is 15.3 Å². The molecule has 2 heterocycles.